The first-order valence-electron chi connectivity index (χ1n) is 6.90. The first kappa shape index (κ1) is 18.2. The molecule has 0 unspecified atom stereocenters. The molecule has 130 valence electrons. The predicted octanol–water partition coefficient (Wildman–Crippen LogP) is 2.64. The van der Waals surface area contributed by atoms with Crippen LogP contribution >= 0.6 is 0 Å². The quantitative estimate of drug-likeness (QED) is 0.892. The van der Waals surface area contributed by atoms with Crippen molar-refractivity contribution in [3.63, 3.8) is 0 Å². The molecule has 1 aromatic heterocycles. The molecular weight excluding hydrogens is 343 g/mol. The molecule has 0 saturated heterocycles. The second kappa shape index (κ2) is 6.78. The van der Waals surface area contributed by atoms with Gasteiger partial charge in [0, 0.05) is 19.8 Å². The lowest BCUT2D eigenvalue weighted by Gasteiger charge is -2.19. The number of halogens is 3. The van der Waals surface area contributed by atoms with E-state index in [2.05, 4.69) is 9.71 Å². The Kier molecular flexibility index (Phi) is 5.14. The van der Waals surface area contributed by atoms with E-state index < -0.39 is 21.8 Å². The molecule has 1 N–H and O–H groups in total. The molecule has 0 atom stereocenters. The zero-order valence-corrected chi connectivity index (χ0v) is 13.8. The molecule has 0 saturated carbocycles. The van der Waals surface area contributed by atoms with E-state index in [1.165, 1.54) is 31.4 Å². The highest BCUT2D eigenvalue weighted by atomic mass is 32.2. The van der Waals surface area contributed by atoms with Gasteiger partial charge in [0.1, 0.15) is 10.7 Å². The zero-order chi connectivity index (χ0) is 18.0. The van der Waals surface area contributed by atoms with E-state index in [0.717, 1.165) is 12.1 Å². The molecule has 2 rings (SSSR count). The number of sulfonamides is 1. The monoisotopic (exact) mass is 359 g/mol. The van der Waals surface area contributed by atoms with Crippen molar-refractivity contribution < 1.29 is 21.6 Å². The lowest BCUT2D eigenvalue weighted by Crippen LogP contribution is -2.20. The minimum absolute atomic E-state index is 0.0150. The lowest BCUT2D eigenvalue weighted by molar-refractivity contribution is -0.137. The highest BCUT2D eigenvalue weighted by Crippen LogP contribution is 2.30. The number of aromatic nitrogens is 1. The summed E-state index contributed by atoms with van der Waals surface area (Å²) in [5.41, 5.74) is -0.238. The van der Waals surface area contributed by atoms with Gasteiger partial charge in [-0.1, -0.05) is 12.1 Å². The maximum absolute atomic E-state index is 12.7. The largest absolute Gasteiger partial charge is 0.416 e. The van der Waals surface area contributed by atoms with E-state index in [1.807, 2.05) is 0 Å². The summed E-state index contributed by atoms with van der Waals surface area (Å²) in [7, 11) is -0.621. The Morgan fingerprint density at radius 1 is 1.21 bits per heavy atom. The summed E-state index contributed by atoms with van der Waals surface area (Å²) in [4.78, 5) is 5.69. The van der Waals surface area contributed by atoms with Gasteiger partial charge in [-0.25, -0.2) is 18.1 Å². The van der Waals surface area contributed by atoms with Crippen molar-refractivity contribution in [1.82, 2.24) is 9.71 Å². The van der Waals surface area contributed by atoms with Crippen LogP contribution in [0.2, 0.25) is 0 Å². The predicted molar refractivity (Wildman–Crippen MR) is 84.0 cm³/mol. The number of nitrogens with one attached hydrogen (secondary N) is 1. The van der Waals surface area contributed by atoms with Gasteiger partial charge in [-0.2, -0.15) is 13.2 Å². The number of benzene rings is 1. The van der Waals surface area contributed by atoms with E-state index >= 15 is 0 Å². The highest BCUT2D eigenvalue weighted by Gasteiger charge is 2.30. The van der Waals surface area contributed by atoms with Crippen LogP contribution in [0.1, 0.15) is 11.1 Å². The standard InChI is InChI=1S/C15H16F3N3O2S/c1-19-24(22,23)13-6-7-14(20-9-13)21(2)10-11-4-3-5-12(8-11)15(16,17)18/h3-9,19H,10H2,1-2H3. The summed E-state index contributed by atoms with van der Waals surface area (Å²) < 4.78 is 63.6. The number of nitrogens with zero attached hydrogens (tertiary/aromatic N) is 2. The number of alkyl halides is 3. The fraction of sp³-hybridized carbons (Fsp3) is 0.267. The summed E-state index contributed by atoms with van der Waals surface area (Å²) in [5.74, 6) is 0.447. The molecule has 1 heterocycles. The highest BCUT2D eigenvalue weighted by molar-refractivity contribution is 7.89. The van der Waals surface area contributed by atoms with E-state index in [0.29, 0.717) is 11.4 Å². The van der Waals surface area contributed by atoms with Crippen molar-refractivity contribution in [2.75, 3.05) is 19.0 Å². The molecule has 0 bridgehead atoms. The first-order valence-corrected chi connectivity index (χ1v) is 8.38. The second-order valence-corrected chi connectivity index (χ2v) is 7.00. The molecule has 24 heavy (non-hydrogen) atoms. The number of pyridine rings is 1. The molecule has 5 nitrogen and oxygen atoms in total. The molecule has 0 amide bonds. The molecule has 2 aromatic rings. The van der Waals surface area contributed by atoms with Crippen molar-refractivity contribution in [2.45, 2.75) is 17.6 Å². The molecular formula is C15H16F3N3O2S. The van der Waals surface area contributed by atoms with Crippen molar-refractivity contribution in [2.24, 2.45) is 0 Å². The lowest BCUT2D eigenvalue weighted by atomic mass is 10.1. The van der Waals surface area contributed by atoms with Crippen molar-refractivity contribution in [3.05, 3.63) is 53.7 Å². The Hall–Kier alpha value is -2.13. The third kappa shape index (κ3) is 4.24. The molecule has 1 aromatic carbocycles. The van der Waals surface area contributed by atoms with Crippen LogP contribution in [-0.4, -0.2) is 27.5 Å². The van der Waals surface area contributed by atoms with Gasteiger partial charge in [0.15, 0.2) is 0 Å². The Morgan fingerprint density at radius 3 is 2.46 bits per heavy atom. The normalized spacial score (nSPS) is 12.2. The third-order valence-corrected chi connectivity index (χ3v) is 4.76. The van der Waals surface area contributed by atoms with Crippen molar-refractivity contribution in [3.8, 4) is 0 Å². The van der Waals surface area contributed by atoms with Gasteiger partial charge < -0.3 is 4.90 Å². The Labute approximate surface area is 138 Å². The average Bonchev–Trinajstić information content (AvgIpc) is 2.54. The van der Waals surface area contributed by atoms with Crippen LogP contribution in [0.15, 0.2) is 47.5 Å². The molecule has 0 aliphatic heterocycles. The number of rotatable bonds is 5. The Morgan fingerprint density at radius 2 is 1.92 bits per heavy atom. The maximum Gasteiger partial charge on any atom is 0.416 e. The Bertz CT molecular complexity index is 805. The van der Waals surface area contributed by atoms with Gasteiger partial charge in [0.25, 0.3) is 0 Å². The summed E-state index contributed by atoms with van der Waals surface area (Å²) in [6.45, 7) is 0.203. The molecule has 0 spiro atoms. The fourth-order valence-electron chi connectivity index (χ4n) is 2.08. The molecule has 9 heteroatoms. The number of hydrogen-bond donors (Lipinski definition) is 1. The number of anilines is 1. The van der Waals surface area contributed by atoms with Gasteiger partial charge in [0.05, 0.1) is 5.56 Å². The van der Waals surface area contributed by atoms with Gasteiger partial charge in [-0.3, -0.25) is 0 Å². The minimum Gasteiger partial charge on any atom is -0.355 e. The second-order valence-electron chi connectivity index (χ2n) is 5.11. The smallest absolute Gasteiger partial charge is 0.355 e. The van der Waals surface area contributed by atoms with Crippen LogP contribution in [0.5, 0.6) is 0 Å². The van der Waals surface area contributed by atoms with Gasteiger partial charge in [-0.05, 0) is 36.9 Å². The van der Waals surface area contributed by atoms with Crippen LogP contribution < -0.4 is 9.62 Å². The van der Waals surface area contributed by atoms with E-state index in [1.54, 1.807) is 18.0 Å². The van der Waals surface area contributed by atoms with Crippen LogP contribution in [0.4, 0.5) is 19.0 Å². The maximum atomic E-state index is 12.7. The summed E-state index contributed by atoms with van der Waals surface area (Å²) in [6, 6.07) is 7.91. The summed E-state index contributed by atoms with van der Waals surface area (Å²) in [5, 5.41) is 0. The first-order chi connectivity index (χ1) is 11.1. The van der Waals surface area contributed by atoms with E-state index in [9.17, 15) is 21.6 Å². The zero-order valence-electron chi connectivity index (χ0n) is 13.0. The van der Waals surface area contributed by atoms with Crippen molar-refractivity contribution in [1.29, 1.82) is 0 Å². The Balaban J connectivity index is 2.17. The minimum atomic E-state index is -4.39. The van der Waals surface area contributed by atoms with Gasteiger partial charge in [-0.15, -0.1) is 0 Å². The molecule has 0 radical (unpaired) electrons. The number of hydrogen-bond acceptors (Lipinski definition) is 4. The van der Waals surface area contributed by atoms with E-state index in [4.69, 9.17) is 0 Å². The van der Waals surface area contributed by atoms with Crippen LogP contribution in [0.3, 0.4) is 0 Å². The van der Waals surface area contributed by atoms with Crippen LogP contribution in [0.25, 0.3) is 0 Å². The van der Waals surface area contributed by atoms with Crippen molar-refractivity contribution >= 4 is 15.8 Å². The molecule has 0 fully saturated rings. The van der Waals surface area contributed by atoms with Gasteiger partial charge >= 0.3 is 6.18 Å². The molecule has 0 aliphatic rings. The van der Waals surface area contributed by atoms with Crippen LogP contribution in [-0.2, 0) is 22.7 Å². The van der Waals surface area contributed by atoms with Crippen LogP contribution in [0, 0.1) is 0 Å². The summed E-state index contributed by atoms with van der Waals surface area (Å²) in [6.07, 6.45) is -3.19. The average molecular weight is 359 g/mol. The topological polar surface area (TPSA) is 62.3 Å². The SMILES string of the molecule is CNS(=O)(=O)c1ccc(N(C)Cc2cccc(C(F)(F)F)c2)nc1. The van der Waals surface area contributed by atoms with E-state index in [-0.39, 0.29) is 11.4 Å². The summed E-state index contributed by atoms with van der Waals surface area (Å²) >= 11 is 0. The van der Waals surface area contributed by atoms with Gasteiger partial charge in [0.2, 0.25) is 10.0 Å². The fourth-order valence-corrected chi connectivity index (χ4v) is 2.75. The third-order valence-electron chi connectivity index (χ3n) is 3.36. The molecule has 0 aliphatic carbocycles.